The van der Waals surface area contributed by atoms with Crippen LogP contribution in [0.1, 0.15) is 97.2 Å². The Morgan fingerprint density at radius 1 is 1.02 bits per heavy atom. The van der Waals surface area contributed by atoms with Crippen molar-refractivity contribution < 1.29 is 38.1 Å². The van der Waals surface area contributed by atoms with Gasteiger partial charge in [0.05, 0.1) is 35.1 Å². The van der Waals surface area contributed by atoms with Crippen LogP contribution in [-0.2, 0) is 49.0 Å². The first-order valence-electron chi connectivity index (χ1n) is 20.7. The van der Waals surface area contributed by atoms with E-state index in [0.29, 0.717) is 51.8 Å². The lowest BCUT2D eigenvalue weighted by atomic mass is 9.81. The molecule has 0 fully saturated rings. The van der Waals surface area contributed by atoms with Gasteiger partial charge in [-0.2, -0.15) is 0 Å². The minimum absolute atomic E-state index is 0.0234. The summed E-state index contributed by atoms with van der Waals surface area (Å²) in [5.41, 5.74) is 5.19. The fourth-order valence-electron chi connectivity index (χ4n) is 9.82. The molecule has 3 amide bonds. The number of rotatable bonds is 8. The third kappa shape index (κ3) is 6.13. The predicted octanol–water partition coefficient (Wildman–Crippen LogP) is 6.00. The van der Waals surface area contributed by atoms with E-state index in [0.717, 1.165) is 27.8 Å². The molecule has 0 radical (unpaired) electrons. The van der Waals surface area contributed by atoms with Gasteiger partial charge in [0.2, 0.25) is 11.8 Å². The molecule has 314 valence electrons. The number of halogens is 1. The lowest BCUT2D eigenvalue weighted by Crippen LogP contribution is -2.55. The number of benzene rings is 3. The summed E-state index contributed by atoms with van der Waals surface area (Å²) in [5, 5.41) is 18.0. The van der Waals surface area contributed by atoms with Crippen LogP contribution in [0.3, 0.4) is 0 Å². The summed E-state index contributed by atoms with van der Waals surface area (Å²) >= 11 is 0. The molecule has 2 aliphatic heterocycles. The van der Waals surface area contributed by atoms with E-state index in [9.17, 15) is 29.1 Å². The summed E-state index contributed by atoms with van der Waals surface area (Å²) in [4.78, 5) is 74.8. The van der Waals surface area contributed by atoms with Crippen molar-refractivity contribution in [3.05, 3.63) is 121 Å². The number of carbonyl (C=O) groups excluding carboxylic acids is 4. The van der Waals surface area contributed by atoms with Gasteiger partial charge in [0.15, 0.2) is 11.7 Å². The van der Waals surface area contributed by atoms with Gasteiger partial charge < -0.3 is 29.8 Å². The van der Waals surface area contributed by atoms with Crippen molar-refractivity contribution in [3.8, 4) is 22.5 Å². The topological polar surface area (TPSA) is 169 Å². The average Bonchev–Trinajstić information content (AvgIpc) is 3.77. The quantitative estimate of drug-likeness (QED) is 0.156. The second-order valence-corrected chi connectivity index (χ2v) is 16.9. The highest BCUT2D eigenvalue weighted by atomic mass is 19.1. The van der Waals surface area contributed by atoms with Gasteiger partial charge >= 0.3 is 12.1 Å². The maximum atomic E-state index is 15.4. The number of nitrogens with one attached hydrogen (secondary N) is 2. The molecule has 2 aromatic heterocycles. The molecule has 0 bridgehead atoms. The van der Waals surface area contributed by atoms with Crippen LogP contribution in [0.25, 0.3) is 33.4 Å². The zero-order valence-electron chi connectivity index (χ0n) is 34.7. The van der Waals surface area contributed by atoms with E-state index in [2.05, 4.69) is 10.6 Å². The normalized spacial score (nSPS) is 19.2. The molecule has 9 rings (SSSR count). The standard InChI is InChI=1S/C47H46FN5O8/c1-7-47(59)32-18-36-39-30(20-53(36)44(56)31(32)21-60-45(47)57)38-34(17-16-25-23(4)33(48)19-35(50-39)37(25)38)51-42(54)24(5)49-43(55)40(22(2)3)52(6)46(58)61-41-28-14-10-8-12-26(28)27-13-9-11-15-29(27)41/h8-15,18-19,22,24,34,40-41,59H,7,16-17,20-21H2,1-6H3,(H,49,55)(H,51,54)/t24-,34-,40-,47-/m0/s1. The first kappa shape index (κ1) is 40.0. The van der Waals surface area contributed by atoms with Crippen LogP contribution in [-0.4, -0.2) is 62.6 Å². The molecule has 0 spiro atoms. The van der Waals surface area contributed by atoms with E-state index in [1.165, 1.54) is 22.6 Å². The van der Waals surface area contributed by atoms with Crippen molar-refractivity contribution in [2.24, 2.45) is 5.92 Å². The van der Waals surface area contributed by atoms with Gasteiger partial charge in [0.25, 0.3) is 5.56 Å². The molecule has 4 heterocycles. The molecule has 61 heavy (non-hydrogen) atoms. The lowest BCUT2D eigenvalue weighted by molar-refractivity contribution is -0.172. The Bertz CT molecular complexity index is 2750. The zero-order chi connectivity index (χ0) is 43.2. The number of carbonyl (C=O) groups is 4. The van der Waals surface area contributed by atoms with E-state index in [1.54, 1.807) is 26.8 Å². The Morgan fingerprint density at radius 3 is 2.34 bits per heavy atom. The Balaban J connectivity index is 0.984. The molecule has 13 nitrogen and oxygen atoms in total. The van der Waals surface area contributed by atoms with Gasteiger partial charge in [-0.1, -0.05) is 69.3 Å². The number of aryl methyl sites for hydroxylation is 1. The summed E-state index contributed by atoms with van der Waals surface area (Å²) in [6.07, 6.45) is -0.540. The monoisotopic (exact) mass is 827 g/mol. The minimum Gasteiger partial charge on any atom is -0.458 e. The molecular formula is C47H46FN5O8. The Hall–Kier alpha value is -6.41. The van der Waals surface area contributed by atoms with Crippen LogP contribution < -0.4 is 16.2 Å². The Labute approximate surface area is 350 Å². The highest BCUT2D eigenvalue weighted by Gasteiger charge is 2.46. The molecule has 14 heteroatoms. The average molecular weight is 828 g/mol. The largest absolute Gasteiger partial charge is 0.458 e. The van der Waals surface area contributed by atoms with Crippen molar-refractivity contribution in [3.63, 3.8) is 0 Å². The molecule has 3 N–H and O–H groups in total. The van der Waals surface area contributed by atoms with Crippen LogP contribution in [0.15, 0.2) is 65.5 Å². The van der Waals surface area contributed by atoms with Crippen LogP contribution in [0.5, 0.6) is 0 Å². The van der Waals surface area contributed by atoms with E-state index < -0.39 is 65.1 Å². The zero-order valence-corrected chi connectivity index (χ0v) is 34.7. The van der Waals surface area contributed by atoms with Gasteiger partial charge in [-0.3, -0.25) is 19.3 Å². The van der Waals surface area contributed by atoms with Gasteiger partial charge in [0.1, 0.15) is 24.5 Å². The second kappa shape index (κ2) is 14.6. The number of aliphatic hydroxyl groups is 1. The number of aromatic nitrogens is 2. The Morgan fingerprint density at radius 2 is 1.69 bits per heavy atom. The van der Waals surface area contributed by atoms with Crippen LogP contribution in [0.2, 0.25) is 0 Å². The van der Waals surface area contributed by atoms with Gasteiger partial charge in [-0.05, 0) is 72.9 Å². The lowest BCUT2D eigenvalue weighted by Gasteiger charge is -2.32. The second-order valence-electron chi connectivity index (χ2n) is 16.9. The van der Waals surface area contributed by atoms with Crippen LogP contribution >= 0.6 is 0 Å². The summed E-state index contributed by atoms with van der Waals surface area (Å²) in [6.45, 7) is 8.31. The predicted molar refractivity (Wildman–Crippen MR) is 223 cm³/mol. The number of cyclic esters (lactones) is 1. The number of fused-ring (bicyclic) bond motifs is 8. The maximum absolute atomic E-state index is 15.4. The Kier molecular flexibility index (Phi) is 9.61. The molecule has 5 aromatic rings. The molecule has 3 aromatic carbocycles. The van der Waals surface area contributed by atoms with Crippen LogP contribution in [0, 0.1) is 18.7 Å². The molecule has 2 aliphatic carbocycles. The number of hydrogen-bond acceptors (Lipinski definition) is 9. The van der Waals surface area contributed by atoms with Crippen molar-refractivity contribution in [1.82, 2.24) is 25.1 Å². The number of esters is 1. The molecule has 4 aliphatic rings. The number of ether oxygens (including phenoxy) is 2. The summed E-state index contributed by atoms with van der Waals surface area (Å²) in [6, 6.07) is 15.8. The summed E-state index contributed by atoms with van der Waals surface area (Å²) in [7, 11) is 1.51. The van der Waals surface area contributed by atoms with Crippen molar-refractivity contribution in [2.45, 2.75) is 96.9 Å². The third-order valence-electron chi connectivity index (χ3n) is 13.0. The number of pyridine rings is 2. The van der Waals surface area contributed by atoms with Crippen LogP contribution in [0.4, 0.5) is 9.18 Å². The third-order valence-corrected chi connectivity index (χ3v) is 13.0. The SMILES string of the molecule is CC[C@@]1(O)C(=O)OCc2c1cc1n(c2=O)Cc2c-1nc1cc(F)c(C)c3c1c2[C@@H](NC(=O)[C@H](C)NC(=O)[C@H](C(C)C)N(C)C(=O)OC1c2ccccc2-c2ccccc21)CC3. The fourth-order valence-corrected chi connectivity index (χ4v) is 9.82. The molecule has 4 atom stereocenters. The van der Waals surface area contributed by atoms with E-state index in [-0.39, 0.29) is 36.6 Å². The highest BCUT2D eigenvalue weighted by molar-refractivity contribution is 5.95. The van der Waals surface area contributed by atoms with Crippen molar-refractivity contribution >= 4 is 34.8 Å². The van der Waals surface area contributed by atoms with Crippen molar-refractivity contribution in [2.75, 3.05) is 7.05 Å². The van der Waals surface area contributed by atoms with Gasteiger partial charge in [0, 0.05) is 40.8 Å². The first-order chi connectivity index (χ1) is 29.1. The van der Waals surface area contributed by atoms with E-state index in [4.69, 9.17) is 14.5 Å². The molecule has 0 saturated carbocycles. The first-order valence-corrected chi connectivity index (χ1v) is 20.7. The fraction of sp³-hybridized carbons (Fsp3) is 0.362. The summed E-state index contributed by atoms with van der Waals surface area (Å²) < 4.78 is 28.3. The maximum Gasteiger partial charge on any atom is 0.411 e. The molecule has 0 unspecified atom stereocenters. The number of hydrogen-bond donors (Lipinski definition) is 3. The smallest absolute Gasteiger partial charge is 0.411 e. The molecular weight excluding hydrogens is 782 g/mol. The highest BCUT2D eigenvalue weighted by Crippen LogP contribution is 2.47. The van der Waals surface area contributed by atoms with Crippen molar-refractivity contribution in [1.29, 1.82) is 0 Å². The van der Waals surface area contributed by atoms with E-state index in [1.807, 2.05) is 62.4 Å². The minimum atomic E-state index is -2.03. The van der Waals surface area contributed by atoms with Gasteiger partial charge in [-0.15, -0.1) is 0 Å². The van der Waals surface area contributed by atoms with Gasteiger partial charge in [-0.25, -0.2) is 19.0 Å². The molecule has 0 saturated heterocycles. The summed E-state index contributed by atoms with van der Waals surface area (Å²) in [5.74, 6) is -2.65. The van der Waals surface area contributed by atoms with E-state index >= 15 is 4.39 Å². The number of likely N-dealkylation sites (N-methyl/N-ethyl adjacent to an activating group) is 1. The number of nitrogens with zero attached hydrogens (tertiary/aromatic N) is 3. The number of amides is 3.